The molecular formula is C10H11BrN2O. The molecule has 0 spiro atoms. The molecule has 0 radical (unpaired) electrons. The summed E-state index contributed by atoms with van der Waals surface area (Å²) in [4.78, 5) is 8.56. The number of oxazole rings is 1. The van der Waals surface area contributed by atoms with Crippen molar-refractivity contribution in [2.75, 3.05) is 0 Å². The summed E-state index contributed by atoms with van der Waals surface area (Å²) in [7, 11) is 0. The largest absolute Gasteiger partial charge is 0.438 e. The molecular weight excluding hydrogens is 244 g/mol. The minimum absolute atomic E-state index is 0.0762. The third kappa shape index (κ3) is 1.66. The first-order valence-corrected chi connectivity index (χ1v) is 5.20. The number of rotatable bonds is 0. The summed E-state index contributed by atoms with van der Waals surface area (Å²) < 4.78 is 6.37. The molecule has 2 aromatic rings. The number of halogens is 1. The second-order valence-corrected chi connectivity index (χ2v) is 5.04. The predicted octanol–water partition coefficient (Wildman–Crippen LogP) is 3.28. The second kappa shape index (κ2) is 3.05. The molecule has 0 amide bonds. The van der Waals surface area contributed by atoms with Crippen LogP contribution in [-0.4, -0.2) is 9.97 Å². The summed E-state index contributed by atoms with van der Waals surface area (Å²) in [5.41, 5.74) is 1.31. The van der Waals surface area contributed by atoms with Gasteiger partial charge < -0.3 is 4.42 Å². The Balaban J connectivity index is 2.63. The van der Waals surface area contributed by atoms with E-state index in [9.17, 15) is 0 Å². The van der Waals surface area contributed by atoms with Crippen molar-refractivity contribution in [2.24, 2.45) is 0 Å². The molecule has 2 aromatic heterocycles. The molecule has 0 saturated carbocycles. The van der Waals surface area contributed by atoms with E-state index in [1.54, 1.807) is 0 Å². The van der Waals surface area contributed by atoms with Gasteiger partial charge in [0.1, 0.15) is 4.60 Å². The molecule has 0 unspecified atom stereocenters. The first-order valence-electron chi connectivity index (χ1n) is 4.40. The van der Waals surface area contributed by atoms with Crippen molar-refractivity contribution < 1.29 is 4.42 Å². The minimum Gasteiger partial charge on any atom is -0.438 e. The van der Waals surface area contributed by atoms with Crippen LogP contribution < -0.4 is 0 Å². The van der Waals surface area contributed by atoms with E-state index in [0.717, 1.165) is 16.1 Å². The average Bonchev–Trinajstić information content (AvgIpc) is 2.45. The zero-order valence-corrected chi connectivity index (χ0v) is 9.92. The van der Waals surface area contributed by atoms with Crippen LogP contribution in [0.25, 0.3) is 11.2 Å². The fraction of sp³-hybridized carbons (Fsp3) is 0.400. The Bertz CT molecular complexity index is 470. The molecule has 74 valence electrons. The molecule has 0 saturated heterocycles. The third-order valence-electron chi connectivity index (χ3n) is 1.86. The van der Waals surface area contributed by atoms with Crippen LogP contribution in [0.5, 0.6) is 0 Å². The van der Waals surface area contributed by atoms with E-state index in [0.29, 0.717) is 5.65 Å². The van der Waals surface area contributed by atoms with Crippen molar-refractivity contribution in [3.63, 3.8) is 0 Å². The summed E-state index contributed by atoms with van der Waals surface area (Å²) in [5.74, 6) is 0.720. The van der Waals surface area contributed by atoms with Crippen LogP contribution in [0.1, 0.15) is 26.7 Å². The van der Waals surface area contributed by atoms with E-state index in [-0.39, 0.29) is 5.41 Å². The topological polar surface area (TPSA) is 38.9 Å². The Morgan fingerprint density at radius 3 is 2.57 bits per heavy atom. The maximum Gasteiger partial charge on any atom is 0.202 e. The summed E-state index contributed by atoms with van der Waals surface area (Å²) in [6, 6.07) is 3.72. The highest BCUT2D eigenvalue weighted by atomic mass is 79.9. The Labute approximate surface area is 90.7 Å². The van der Waals surface area contributed by atoms with Crippen LogP contribution in [0, 0.1) is 0 Å². The van der Waals surface area contributed by atoms with Gasteiger partial charge in [0.25, 0.3) is 0 Å². The van der Waals surface area contributed by atoms with Gasteiger partial charge >= 0.3 is 0 Å². The van der Waals surface area contributed by atoms with Crippen LogP contribution in [0.15, 0.2) is 21.2 Å². The van der Waals surface area contributed by atoms with E-state index in [4.69, 9.17) is 4.42 Å². The fourth-order valence-electron chi connectivity index (χ4n) is 1.12. The van der Waals surface area contributed by atoms with E-state index in [2.05, 4.69) is 46.7 Å². The Morgan fingerprint density at radius 2 is 1.93 bits per heavy atom. The van der Waals surface area contributed by atoms with Crippen molar-refractivity contribution in [2.45, 2.75) is 26.2 Å². The summed E-state index contributed by atoms with van der Waals surface area (Å²) >= 11 is 3.30. The van der Waals surface area contributed by atoms with Crippen LogP contribution >= 0.6 is 15.9 Å². The van der Waals surface area contributed by atoms with Crippen molar-refractivity contribution in [3.8, 4) is 0 Å². The molecule has 0 bridgehead atoms. The third-order valence-corrected chi connectivity index (χ3v) is 2.30. The highest BCUT2D eigenvalue weighted by Crippen LogP contribution is 2.25. The van der Waals surface area contributed by atoms with Gasteiger partial charge in [0.15, 0.2) is 11.2 Å². The van der Waals surface area contributed by atoms with Gasteiger partial charge in [0, 0.05) is 5.41 Å². The summed E-state index contributed by atoms with van der Waals surface area (Å²) in [6.45, 7) is 6.19. The zero-order chi connectivity index (χ0) is 10.3. The number of hydrogen-bond acceptors (Lipinski definition) is 3. The first-order chi connectivity index (χ1) is 6.47. The maximum atomic E-state index is 5.59. The summed E-state index contributed by atoms with van der Waals surface area (Å²) in [6.07, 6.45) is 0. The predicted molar refractivity (Wildman–Crippen MR) is 58.2 cm³/mol. The Hall–Kier alpha value is -0.900. The first kappa shape index (κ1) is 9.65. The maximum absolute atomic E-state index is 5.59. The molecule has 0 aliphatic carbocycles. The van der Waals surface area contributed by atoms with Crippen LogP contribution in [0.2, 0.25) is 0 Å². The lowest BCUT2D eigenvalue weighted by Crippen LogP contribution is -2.11. The van der Waals surface area contributed by atoms with Gasteiger partial charge in [-0.05, 0) is 28.1 Å². The lowest BCUT2D eigenvalue weighted by Gasteiger charge is -2.11. The monoisotopic (exact) mass is 254 g/mol. The number of nitrogens with zero attached hydrogens (tertiary/aromatic N) is 2. The highest BCUT2D eigenvalue weighted by molar-refractivity contribution is 9.10. The molecule has 0 aromatic carbocycles. The normalized spacial score (nSPS) is 12.3. The second-order valence-electron chi connectivity index (χ2n) is 4.22. The SMILES string of the molecule is CC(C)(C)c1nc2nc(Br)ccc2o1. The number of pyridine rings is 1. The number of fused-ring (bicyclic) bond motifs is 1. The van der Waals surface area contributed by atoms with Gasteiger partial charge in [-0.2, -0.15) is 4.98 Å². The molecule has 14 heavy (non-hydrogen) atoms. The van der Waals surface area contributed by atoms with E-state index >= 15 is 0 Å². The Kier molecular flexibility index (Phi) is 2.10. The Morgan fingerprint density at radius 1 is 1.21 bits per heavy atom. The van der Waals surface area contributed by atoms with Crippen LogP contribution in [-0.2, 0) is 5.41 Å². The summed E-state index contributed by atoms with van der Waals surface area (Å²) in [5, 5.41) is 0. The van der Waals surface area contributed by atoms with E-state index in [1.165, 1.54) is 0 Å². The van der Waals surface area contributed by atoms with Crippen molar-refractivity contribution in [1.82, 2.24) is 9.97 Å². The van der Waals surface area contributed by atoms with E-state index in [1.807, 2.05) is 12.1 Å². The van der Waals surface area contributed by atoms with Gasteiger partial charge in [-0.15, -0.1) is 0 Å². The fourth-order valence-corrected chi connectivity index (χ4v) is 1.42. The van der Waals surface area contributed by atoms with Gasteiger partial charge in [-0.1, -0.05) is 20.8 Å². The number of aromatic nitrogens is 2. The molecule has 4 heteroatoms. The molecule has 0 fully saturated rings. The van der Waals surface area contributed by atoms with Crippen LogP contribution in [0.3, 0.4) is 0 Å². The molecule has 3 nitrogen and oxygen atoms in total. The quantitative estimate of drug-likeness (QED) is 0.678. The lowest BCUT2D eigenvalue weighted by atomic mass is 9.97. The molecule has 2 rings (SSSR count). The smallest absolute Gasteiger partial charge is 0.202 e. The molecule has 2 heterocycles. The minimum atomic E-state index is -0.0762. The lowest BCUT2D eigenvalue weighted by molar-refractivity contribution is 0.411. The molecule has 0 atom stereocenters. The molecule has 0 aliphatic rings. The average molecular weight is 255 g/mol. The van der Waals surface area contributed by atoms with Gasteiger partial charge in [0.2, 0.25) is 5.89 Å². The van der Waals surface area contributed by atoms with Crippen molar-refractivity contribution >= 4 is 27.2 Å². The van der Waals surface area contributed by atoms with Crippen LogP contribution in [0.4, 0.5) is 0 Å². The van der Waals surface area contributed by atoms with Gasteiger partial charge in [-0.25, -0.2) is 4.98 Å². The molecule has 0 N–H and O–H groups in total. The van der Waals surface area contributed by atoms with Crippen molar-refractivity contribution in [3.05, 3.63) is 22.6 Å². The standard InChI is InChI=1S/C10H11BrN2O/c1-10(2,3)9-13-8-6(14-9)4-5-7(11)12-8/h4-5H,1-3H3. The van der Waals surface area contributed by atoms with Gasteiger partial charge in [0.05, 0.1) is 0 Å². The highest BCUT2D eigenvalue weighted by Gasteiger charge is 2.21. The van der Waals surface area contributed by atoms with Crippen molar-refractivity contribution in [1.29, 1.82) is 0 Å². The van der Waals surface area contributed by atoms with E-state index < -0.39 is 0 Å². The number of hydrogen-bond donors (Lipinski definition) is 0. The van der Waals surface area contributed by atoms with Gasteiger partial charge in [-0.3, -0.25) is 0 Å². The zero-order valence-electron chi connectivity index (χ0n) is 8.34. The molecule has 0 aliphatic heterocycles.